The van der Waals surface area contributed by atoms with Gasteiger partial charge in [-0.2, -0.15) is 8.42 Å². The molecular formula is C18H20N4O4S. The summed E-state index contributed by atoms with van der Waals surface area (Å²) in [5.41, 5.74) is 7.67. The van der Waals surface area contributed by atoms with Crippen molar-refractivity contribution in [1.82, 2.24) is 9.97 Å². The minimum Gasteiger partial charge on any atom is -0.382 e. The zero-order chi connectivity index (χ0) is 18.9. The molecule has 9 heteroatoms. The van der Waals surface area contributed by atoms with Crippen LogP contribution in [0.25, 0.3) is 11.0 Å². The number of nitrogens with zero attached hydrogens (tertiary/aromatic N) is 1. The molecule has 2 heterocycles. The second-order valence-electron chi connectivity index (χ2n) is 6.38. The molecule has 3 aromatic rings. The summed E-state index contributed by atoms with van der Waals surface area (Å²) in [6.45, 7) is 1.51. The zero-order valence-corrected chi connectivity index (χ0v) is 15.3. The highest BCUT2D eigenvalue weighted by Gasteiger charge is 2.18. The van der Waals surface area contributed by atoms with Crippen molar-refractivity contribution in [3.63, 3.8) is 0 Å². The molecule has 1 fully saturated rings. The predicted octanol–water partition coefficient (Wildman–Crippen LogP) is 2.50. The van der Waals surface area contributed by atoms with Gasteiger partial charge in [0.1, 0.15) is 10.6 Å². The first-order valence-electron chi connectivity index (χ1n) is 8.65. The minimum atomic E-state index is -3.94. The Balaban J connectivity index is 1.45. The topological polar surface area (TPSA) is 119 Å². The molecule has 0 aliphatic carbocycles. The van der Waals surface area contributed by atoms with Gasteiger partial charge in [0.2, 0.25) is 0 Å². The third kappa shape index (κ3) is 3.99. The number of hydrogen-bond acceptors (Lipinski definition) is 7. The molecule has 27 heavy (non-hydrogen) atoms. The highest BCUT2D eigenvalue weighted by molar-refractivity contribution is 7.87. The van der Waals surface area contributed by atoms with Crippen LogP contribution >= 0.6 is 0 Å². The van der Waals surface area contributed by atoms with E-state index in [9.17, 15) is 8.42 Å². The molecule has 2 aromatic carbocycles. The van der Waals surface area contributed by atoms with Crippen LogP contribution in [-0.2, 0) is 14.9 Å². The largest absolute Gasteiger partial charge is 0.382 e. The van der Waals surface area contributed by atoms with Gasteiger partial charge in [-0.05, 0) is 49.2 Å². The number of H-pyrrole nitrogens is 1. The van der Waals surface area contributed by atoms with Gasteiger partial charge in [0, 0.05) is 24.9 Å². The molecule has 0 saturated carbocycles. The molecule has 0 bridgehead atoms. The lowest BCUT2D eigenvalue weighted by Gasteiger charge is -2.12. The van der Waals surface area contributed by atoms with E-state index in [0.29, 0.717) is 17.6 Å². The van der Waals surface area contributed by atoms with E-state index in [0.717, 1.165) is 25.1 Å². The van der Waals surface area contributed by atoms with Gasteiger partial charge in [0.15, 0.2) is 5.95 Å². The Morgan fingerprint density at radius 1 is 1.26 bits per heavy atom. The number of nitrogen functional groups attached to an aromatic ring is 1. The third-order valence-corrected chi connectivity index (χ3v) is 5.64. The molecule has 1 aliphatic heterocycles. The number of imidazole rings is 1. The molecule has 1 aromatic heterocycles. The average molecular weight is 388 g/mol. The molecule has 1 aliphatic rings. The Kier molecular flexibility index (Phi) is 4.63. The standard InChI is InChI=1S/C18H20N4O4S/c19-18-21-16-8-5-13(10-17(16)22-18)26-27(23,24)15-6-3-12(4-7-15)20-11-14-2-1-9-25-14/h3-8,10,14,20H,1-2,9,11H2,(H3,19,21,22). The Hall–Kier alpha value is -2.78. The van der Waals surface area contributed by atoms with E-state index in [2.05, 4.69) is 15.3 Å². The molecule has 8 nitrogen and oxygen atoms in total. The number of aromatic amines is 1. The quantitative estimate of drug-likeness (QED) is 0.555. The smallest absolute Gasteiger partial charge is 0.339 e. The van der Waals surface area contributed by atoms with Crippen LogP contribution < -0.4 is 15.2 Å². The average Bonchev–Trinajstić information content (AvgIpc) is 3.28. The molecule has 1 unspecified atom stereocenters. The number of nitrogens with two attached hydrogens (primary N) is 1. The fourth-order valence-corrected chi connectivity index (χ4v) is 3.93. The molecule has 0 amide bonds. The summed E-state index contributed by atoms with van der Waals surface area (Å²) < 4.78 is 35.8. The summed E-state index contributed by atoms with van der Waals surface area (Å²) in [5, 5.41) is 3.25. The maximum absolute atomic E-state index is 12.5. The van der Waals surface area contributed by atoms with E-state index in [1.54, 1.807) is 24.3 Å². The fourth-order valence-electron chi connectivity index (χ4n) is 3.01. The Labute approximate surface area is 156 Å². The van der Waals surface area contributed by atoms with Crippen LogP contribution in [0.2, 0.25) is 0 Å². The van der Waals surface area contributed by atoms with Crippen LogP contribution in [0.1, 0.15) is 12.8 Å². The summed E-state index contributed by atoms with van der Waals surface area (Å²) in [7, 11) is -3.94. The van der Waals surface area contributed by atoms with Gasteiger partial charge in [0.25, 0.3) is 0 Å². The lowest BCUT2D eigenvalue weighted by Crippen LogP contribution is -2.18. The van der Waals surface area contributed by atoms with Gasteiger partial charge in [-0.15, -0.1) is 0 Å². The first-order valence-corrected chi connectivity index (χ1v) is 10.1. The molecule has 1 saturated heterocycles. The number of anilines is 2. The Bertz CT molecular complexity index is 1040. The first-order chi connectivity index (χ1) is 13.0. The van der Waals surface area contributed by atoms with E-state index in [1.807, 2.05) is 0 Å². The highest BCUT2D eigenvalue weighted by atomic mass is 32.2. The minimum absolute atomic E-state index is 0.0781. The second-order valence-corrected chi connectivity index (χ2v) is 7.93. The third-order valence-electron chi connectivity index (χ3n) is 4.38. The number of hydrogen-bond donors (Lipinski definition) is 3. The van der Waals surface area contributed by atoms with Crippen LogP contribution in [-0.4, -0.2) is 37.6 Å². The number of fused-ring (bicyclic) bond motifs is 1. The monoisotopic (exact) mass is 388 g/mol. The molecule has 0 spiro atoms. The maximum Gasteiger partial charge on any atom is 0.339 e. The van der Waals surface area contributed by atoms with Crippen LogP contribution in [0.4, 0.5) is 11.6 Å². The molecular weight excluding hydrogens is 368 g/mol. The summed E-state index contributed by atoms with van der Waals surface area (Å²) in [6, 6.07) is 11.2. The van der Waals surface area contributed by atoms with Crippen molar-refractivity contribution in [2.24, 2.45) is 0 Å². The fraction of sp³-hybridized carbons (Fsp3) is 0.278. The van der Waals surface area contributed by atoms with Crippen LogP contribution in [0.3, 0.4) is 0 Å². The molecule has 4 N–H and O–H groups in total. The second kappa shape index (κ2) is 7.09. The normalized spacial score (nSPS) is 17.3. The van der Waals surface area contributed by atoms with Gasteiger partial charge >= 0.3 is 10.1 Å². The van der Waals surface area contributed by atoms with Crippen molar-refractivity contribution in [3.8, 4) is 5.75 Å². The number of ether oxygens (including phenoxy) is 1. The number of benzene rings is 2. The van der Waals surface area contributed by atoms with Gasteiger partial charge in [0.05, 0.1) is 17.1 Å². The van der Waals surface area contributed by atoms with Crippen molar-refractivity contribution >= 4 is 32.8 Å². The Morgan fingerprint density at radius 2 is 2.07 bits per heavy atom. The molecule has 4 rings (SSSR count). The van der Waals surface area contributed by atoms with Crippen LogP contribution in [0, 0.1) is 0 Å². The molecule has 0 radical (unpaired) electrons. The van der Waals surface area contributed by atoms with E-state index < -0.39 is 10.1 Å². The zero-order valence-electron chi connectivity index (χ0n) is 14.5. The molecule has 1 atom stereocenters. The first kappa shape index (κ1) is 17.6. The van der Waals surface area contributed by atoms with Crippen molar-refractivity contribution in [2.75, 3.05) is 24.2 Å². The van der Waals surface area contributed by atoms with Gasteiger partial charge < -0.3 is 25.0 Å². The number of nitrogens with one attached hydrogen (secondary N) is 2. The van der Waals surface area contributed by atoms with E-state index in [-0.39, 0.29) is 22.7 Å². The van der Waals surface area contributed by atoms with E-state index in [4.69, 9.17) is 14.7 Å². The van der Waals surface area contributed by atoms with Gasteiger partial charge in [-0.1, -0.05) is 0 Å². The van der Waals surface area contributed by atoms with Gasteiger partial charge in [-0.25, -0.2) is 4.98 Å². The van der Waals surface area contributed by atoms with E-state index >= 15 is 0 Å². The maximum atomic E-state index is 12.5. The SMILES string of the molecule is Nc1nc2ccc(OS(=O)(=O)c3ccc(NCC4CCCO4)cc3)cc2[nH]1. The summed E-state index contributed by atoms with van der Waals surface area (Å²) in [6.07, 6.45) is 2.33. The number of aromatic nitrogens is 2. The van der Waals surface area contributed by atoms with E-state index in [1.165, 1.54) is 18.2 Å². The summed E-state index contributed by atoms with van der Waals surface area (Å²) in [5.74, 6) is 0.447. The molecule has 142 valence electrons. The van der Waals surface area contributed by atoms with Crippen LogP contribution in [0.5, 0.6) is 5.75 Å². The summed E-state index contributed by atoms with van der Waals surface area (Å²) >= 11 is 0. The number of rotatable bonds is 6. The lowest BCUT2D eigenvalue weighted by atomic mass is 10.2. The van der Waals surface area contributed by atoms with Gasteiger partial charge in [-0.3, -0.25) is 0 Å². The van der Waals surface area contributed by atoms with Crippen molar-refractivity contribution in [1.29, 1.82) is 0 Å². The predicted molar refractivity (Wildman–Crippen MR) is 102 cm³/mol. The highest BCUT2D eigenvalue weighted by Crippen LogP contribution is 2.24. The Morgan fingerprint density at radius 3 is 2.81 bits per heavy atom. The van der Waals surface area contributed by atoms with Crippen molar-refractivity contribution in [2.45, 2.75) is 23.8 Å². The lowest BCUT2D eigenvalue weighted by molar-refractivity contribution is 0.120. The summed E-state index contributed by atoms with van der Waals surface area (Å²) in [4.78, 5) is 6.99. The van der Waals surface area contributed by atoms with Crippen molar-refractivity contribution < 1.29 is 17.3 Å². The van der Waals surface area contributed by atoms with Crippen molar-refractivity contribution in [3.05, 3.63) is 42.5 Å². The van der Waals surface area contributed by atoms with Crippen LogP contribution in [0.15, 0.2) is 47.4 Å².